The van der Waals surface area contributed by atoms with Gasteiger partial charge < -0.3 is 10.1 Å². The van der Waals surface area contributed by atoms with Crippen LogP contribution in [0.5, 0.6) is 0 Å². The lowest BCUT2D eigenvalue weighted by molar-refractivity contribution is 0.0526. The van der Waals surface area contributed by atoms with Crippen LogP contribution >= 0.6 is 12.2 Å². The molecule has 0 aliphatic rings. The minimum absolute atomic E-state index is 0.341. The predicted molar refractivity (Wildman–Crippen MR) is 92.4 cm³/mol. The number of thiocarbonyl (C=S) groups is 1. The van der Waals surface area contributed by atoms with E-state index < -0.39 is 0 Å². The predicted octanol–water partition coefficient (Wildman–Crippen LogP) is 1.73. The van der Waals surface area contributed by atoms with Crippen LogP contribution in [0.1, 0.15) is 24.2 Å². The maximum atomic E-state index is 11.5. The molecule has 0 aliphatic carbocycles. The molecule has 0 radical (unpaired) electrons. The van der Waals surface area contributed by atoms with Crippen LogP contribution in [0.15, 0.2) is 34.5 Å². The number of hydrogen-bond acceptors (Lipinski definition) is 6. The van der Waals surface area contributed by atoms with Gasteiger partial charge in [0.05, 0.1) is 29.8 Å². The zero-order valence-electron chi connectivity index (χ0n) is 12.7. The molecule has 0 amide bonds. The molecule has 22 heavy (non-hydrogen) atoms. The van der Waals surface area contributed by atoms with Gasteiger partial charge in [0, 0.05) is 7.05 Å². The van der Waals surface area contributed by atoms with Crippen molar-refractivity contribution in [2.45, 2.75) is 13.8 Å². The van der Waals surface area contributed by atoms with E-state index in [4.69, 9.17) is 17.0 Å². The first-order chi connectivity index (χ1) is 10.6. The third kappa shape index (κ3) is 6.31. The summed E-state index contributed by atoms with van der Waals surface area (Å²) in [5.41, 5.74) is 7.38. The molecule has 7 nitrogen and oxygen atoms in total. The first-order valence-corrected chi connectivity index (χ1v) is 7.06. The summed E-state index contributed by atoms with van der Waals surface area (Å²) in [6.45, 7) is 3.90. The van der Waals surface area contributed by atoms with E-state index in [9.17, 15) is 4.79 Å². The molecular weight excluding hydrogens is 302 g/mol. The molecule has 0 atom stereocenters. The number of hydrogen-bond donors (Lipinski definition) is 3. The minimum Gasteiger partial charge on any atom is -0.462 e. The standard InChI is InChI=1S/C14H19N5O2S/c1-4-21-13(20)11-5-7-12(8-6-11)18-16-9-10(2)17-19-14(22)15-3/h5-9,18H,4H2,1-3H3,(H2,15,19,22). The smallest absolute Gasteiger partial charge is 0.338 e. The molecule has 0 bridgehead atoms. The molecule has 1 aromatic rings. The van der Waals surface area contributed by atoms with E-state index in [0.717, 1.165) is 5.69 Å². The quantitative estimate of drug-likeness (QED) is 0.320. The number of carbonyl (C=O) groups is 1. The molecule has 0 aliphatic heterocycles. The Labute approximate surface area is 134 Å². The molecule has 0 heterocycles. The fraction of sp³-hybridized carbons (Fsp3) is 0.286. The lowest BCUT2D eigenvalue weighted by Crippen LogP contribution is -2.29. The zero-order valence-corrected chi connectivity index (χ0v) is 13.5. The van der Waals surface area contributed by atoms with Gasteiger partial charge in [-0.1, -0.05) is 0 Å². The number of rotatable bonds is 6. The number of benzene rings is 1. The highest BCUT2D eigenvalue weighted by atomic mass is 32.1. The lowest BCUT2D eigenvalue weighted by Gasteiger charge is -2.03. The molecule has 0 fully saturated rings. The second kappa shape index (κ2) is 9.46. The fourth-order valence-corrected chi connectivity index (χ4v) is 1.36. The number of ether oxygens (including phenoxy) is 1. The summed E-state index contributed by atoms with van der Waals surface area (Å²) < 4.78 is 4.91. The first kappa shape index (κ1) is 17.6. The van der Waals surface area contributed by atoms with Gasteiger partial charge in [-0.25, -0.2) is 4.79 Å². The summed E-state index contributed by atoms with van der Waals surface area (Å²) in [5, 5.41) is 11.2. The molecular formula is C14H19N5O2S. The van der Waals surface area contributed by atoms with Crippen LogP contribution in [0.4, 0.5) is 5.69 Å². The number of carbonyl (C=O) groups excluding carboxylic acids is 1. The van der Waals surface area contributed by atoms with Gasteiger partial charge >= 0.3 is 5.97 Å². The lowest BCUT2D eigenvalue weighted by atomic mass is 10.2. The van der Waals surface area contributed by atoms with E-state index in [1.165, 1.54) is 0 Å². The van der Waals surface area contributed by atoms with Gasteiger partial charge in [0.25, 0.3) is 0 Å². The van der Waals surface area contributed by atoms with Gasteiger partial charge in [-0.2, -0.15) is 10.2 Å². The second-order valence-electron chi connectivity index (χ2n) is 4.11. The average molecular weight is 321 g/mol. The topological polar surface area (TPSA) is 87.1 Å². The van der Waals surface area contributed by atoms with Crippen LogP contribution in [0.25, 0.3) is 0 Å². The van der Waals surface area contributed by atoms with Crippen LogP contribution in [0.3, 0.4) is 0 Å². The van der Waals surface area contributed by atoms with Crippen molar-refractivity contribution >= 4 is 40.9 Å². The van der Waals surface area contributed by atoms with Crippen molar-refractivity contribution in [1.29, 1.82) is 0 Å². The second-order valence-corrected chi connectivity index (χ2v) is 4.52. The number of hydrazone groups is 2. The fourth-order valence-electron chi connectivity index (χ4n) is 1.32. The van der Waals surface area contributed by atoms with E-state index >= 15 is 0 Å². The minimum atomic E-state index is -0.341. The van der Waals surface area contributed by atoms with E-state index in [0.29, 0.717) is 23.0 Å². The number of nitrogens with zero attached hydrogens (tertiary/aromatic N) is 2. The highest BCUT2D eigenvalue weighted by molar-refractivity contribution is 7.80. The number of esters is 1. The Kier molecular flexibility index (Phi) is 7.55. The van der Waals surface area contributed by atoms with Crippen LogP contribution < -0.4 is 16.2 Å². The summed E-state index contributed by atoms with van der Waals surface area (Å²) in [5.74, 6) is -0.341. The van der Waals surface area contributed by atoms with Crippen LogP contribution in [-0.4, -0.2) is 36.7 Å². The van der Waals surface area contributed by atoms with Crippen molar-refractivity contribution in [3.8, 4) is 0 Å². The molecule has 1 aromatic carbocycles. The summed E-state index contributed by atoms with van der Waals surface area (Å²) in [6.07, 6.45) is 1.55. The zero-order chi connectivity index (χ0) is 16.4. The van der Waals surface area contributed by atoms with E-state index in [-0.39, 0.29) is 5.97 Å². The summed E-state index contributed by atoms with van der Waals surface area (Å²) in [6, 6.07) is 6.82. The van der Waals surface area contributed by atoms with Gasteiger partial charge in [-0.3, -0.25) is 10.9 Å². The maximum Gasteiger partial charge on any atom is 0.338 e. The van der Waals surface area contributed by atoms with Crippen molar-refractivity contribution in [2.75, 3.05) is 19.1 Å². The van der Waals surface area contributed by atoms with E-state index in [2.05, 4.69) is 26.4 Å². The van der Waals surface area contributed by atoms with Crippen LogP contribution in [-0.2, 0) is 4.74 Å². The summed E-state index contributed by atoms with van der Waals surface area (Å²) in [7, 11) is 1.70. The summed E-state index contributed by atoms with van der Waals surface area (Å²) >= 11 is 4.89. The van der Waals surface area contributed by atoms with E-state index in [1.54, 1.807) is 51.4 Å². The van der Waals surface area contributed by atoms with Crippen molar-refractivity contribution in [2.24, 2.45) is 10.2 Å². The molecule has 3 N–H and O–H groups in total. The van der Waals surface area contributed by atoms with Gasteiger partial charge in [-0.05, 0) is 50.3 Å². The molecule has 0 aromatic heterocycles. The first-order valence-electron chi connectivity index (χ1n) is 6.65. The SMILES string of the molecule is CCOC(=O)c1ccc(NN=CC(C)=NNC(=S)NC)cc1. The van der Waals surface area contributed by atoms with Gasteiger partial charge in [-0.15, -0.1) is 0 Å². The van der Waals surface area contributed by atoms with Crippen molar-refractivity contribution in [1.82, 2.24) is 10.7 Å². The van der Waals surface area contributed by atoms with E-state index in [1.807, 2.05) is 0 Å². The number of anilines is 1. The largest absolute Gasteiger partial charge is 0.462 e. The Hall–Kier alpha value is -2.48. The van der Waals surface area contributed by atoms with Gasteiger partial charge in [0.1, 0.15) is 0 Å². The highest BCUT2D eigenvalue weighted by Crippen LogP contribution is 2.10. The Morgan fingerprint density at radius 2 is 2.05 bits per heavy atom. The molecule has 0 saturated heterocycles. The molecule has 1 rings (SSSR count). The monoisotopic (exact) mass is 321 g/mol. The highest BCUT2D eigenvalue weighted by Gasteiger charge is 2.04. The molecule has 0 unspecified atom stereocenters. The van der Waals surface area contributed by atoms with Crippen molar-refractivity contribution < 1.29 is 9.53 Å². The molecule has 0 saturated carbocycles. The van der Waals surface area contributed by atoms with Gasteiger partial charge in [0.15, 0.2) is 5.11 Å². The Balaban J connectivity index is 2.52. The van der Waals surface area contributed by atoms with Crippen molar-refractivity contribution in [3.05, 3.63) is 29.8 Å². The van der Waals surface area contributed by atoms with Crippen LogP contribution in [0.2, 0.25) is 0 Å². The Morgan fingerprint density at radius 3 is 2.64 bits per heavy atom. The normalized spacial score (nSPS) is 11.1. The summed E-state index contributed by atoms with van der Waals surface area (Å²) in [4.78, 5) is 11.5. The Bertz CT molecular complexity index is 569. The molecule has 0 spiro atoms. The van der Waals surface area contributed by atoms with Gasteiger partial charge in [0.2, 0.25) is 0 Å². The van der Waals surface area contributed by atoms with Crippen molar-refractivity contribution in [3.63, 3.8) is 0 Å². The molecule has 118 valence electrons. The third-order valence-electron chi connectivity index (χ3n) is 2.40. The third-order valence-corrected chi connectivity index (χ3v) is 2.70. The molecule has 8 heteroatoms. The number of nitrogens with one attached hydrogen (secondary N) is 3. The van der Waals surface area contributed by atoms with Crippen LogP contribution in [0, 0.1) is 0 Å². The maximum absolute atomic E-state index is 11.5. The average Bonchev–Trinajstić information content (AvgIpc) is 2.53. The Morgan fingerprint density at radius 1 is 1.36 bits per heavy atom.